The van der Waals surface area contributed by atoms with Crippen LogP contribution in [0.1, 0.15) is 10.4 Å². The highest BCUT2D eigenvalue weighted by molar-refractivity contribution is 7.89. The van der Waals surface area contributed by atoms with Crippen LogP contribution in [0.3, 0.4) is 0 Å². The average Bonchev–Trinajstić information content (AvgIpc) is 2.27. The van der Waals surface area contributed by atoms with Gasteiger partial charge in [0.05, 0.1) is 11.3 Å². The summed E-state index contributed by atoms with van der Waals surface area (Å²) in [5, 5.41) is 8.78. The van der Waals surface area contributed by atoms with Crippen molar-refractivity contribution in [2.24, 2.45) is 0 Å². The molecule has 0 spiro atoms. The number of aromatic carboxylic acids is 1. The van der Waals surface area contributed by atoms with E-state index in [1.165, 1.54) is 12.1 Å². The first-order valence-electron chi connectivity index (χ1n) is 5.51. The maximum absolute atomic E-state index is 12.0. The number of hydrogen-bond donors (Lipinski definition) is 3. The highest BCUT2D eigenvalue weighted by atomic mass is 32.2. The normalized spacial score (nSPS) is 11.7. The predicted octanol–water partition coefficient (Wildman–Crippen LogP) is -0.193. The third-order valence-corrected chi connectivity index (χ3v) is 3.93. The molecule has 1 rings (SSSR count). The van der Waals surface area contributed by atoms with Gasteiger partial charge in [-0.1, -0.05) is 0 Å². The lowest BCUT2D eigenvalue weighted by molar-refractivity contribution is 0.0697. The number of hydrogen-bond acceptors (Lipinski definition) is 5. The zero-order valence-electron chi connectivity index (χ0n) is 10.8. The van der Waals surface area contributed by atoms with E-state index < -0.39 is 16.0 Å². The third kappa shape index (κ3) is 4.19. The number of carboxylic acid groups (broad SMARTS) is 1. The van der Waals surface area contributed by atoms with E-state index >= 15 is 0 Å². The molecule has 0 aliphatic carbocycles. The van der Waals surface area contributed by atoms with Crippen LogP contribution in [0.5, 0.6) is 0 Å². The summed E-state index contributed by atoms with van der Waals surface area (Å²) in [6.07, 6.45) is 0. The molecule has 7 nitrogen and oxygen atoms in total. The van der Waals surface area contributed by atoms with Crippen LogP contribution < -0.4 is 10.5 Å². The zero-order chi connectivity index (χ0) is 14.6. The molecule has 0 aromatic heterocycles. The maximum atomic E-state index is 12.0. The molecule has 0 aliphatic heterocycles. The number of nitrogens with zero attached hydrogens (tertiary/aromatic N) is 1. The van der Waals surface area contributed by atoms with Crippen molar-refractivity contribution >= 4 is 21.7 Å². The summed E-state index contributed by atoms with van der Waals surface area (Å²) in [6, 6.07) is 3.53. The second-order valence-electron chi connectivity index (χ2n) is 4.26. The molecule has 0 aliphatic rings. The van der Waals surface area contributed by atoms with Gasteiger partial charge in [0.15, 0.2) is 0 Å². The lowest BCUT2D eigenvalue weighted by atomic mass is 10.2. The second-order valence-corrected chi connectivity index (χ2v) is 5.99. The molecule has 0 bridgehead atoms. The van der Waals surface area contributed by atoms with Gasteiger partial charge in [0.25, 0.3) is 0 Å². The number of anilines is 1. The summed E-state index contributed by atoms with van der Waals surface area (Å²) in [5.41, 5.74) is 5.45. The van der Waals surface area contributed by atoms with Gasteiger partial charge in [0.1, 0.15) is 4.90 Å². The number of sulfonamides is 1. The van der Waals surface area contributed by atoms with Crippen LogP contribution in [0.15, 0.2) is 23.1 Å². The molecule has 0 radical (unpaired) electrons. The Balaban J connectivity index is 2.93. The molecule has 1 aromatic rings. The summed E-state index contributed by atoms with van der Waals surface area (Å²) in [7, 11) is -0.0762. The smallest absolute Gasteiger partial charge is 0.335 e. The molecule has 0 unspecified atom stereocenters. The number of benzene rings is 1. The van der Waals surface area contributed by atoms with E-state index in [0.29, 0.717) is 6.54 Å². The minimum atomic E-state index is -3.72. The second kappa shape index (κ2) is 6.00. The Hall–Kier alpha value is -1.64. The Kier molecular flexibility index (Phi) is 4.87. The molecular formula is C11H17N3O4S. The number of carbonyl (C=O) groups is 1. The van der Waals surface area contributed by atoms with Gasteiger partial charge in [-0.3, -0.25) is 0 Å². The molecule has 4 N–H and O–H groups in total. The van der Waals surface area contributed by atoms with Crippen molar-refractivity contribution in [1.82, 2.24) is 9.62 Å². The highest BCUT2D eigenvalue weighted by Crippen LogP contribution is 2.19. The van der Waals surface area contributed by atoms with Gasteiger partial charge in [-0.05, 0) is 32.3 Å². The SMILES string of the molecule is CN(C)CCNS(=O)(=O)c1ccc(C(=O)O)cc1N. The minimum Gasteiger partial charge on any atom is -0.478 e. The predicted molar refractivity (Wildman–Crippen MR) is 71.6 cm³/mol. The largest absolute Gasteiger partial charge is 0.478 e. The van der Waals surface area contributed by atoms with Crippen LogP contribution in [0.4, 0.5) is 5.69 Å². The van der Waals surface area contributed by atoms with E-state index in [-0.39, 0.29) is 22.7 Å². The van der Waals surface area contributed by atoms with Crippen LogP contribution in [-0.4, -0.2) is 51.6 Å². The van der Waals surface area contributed by atoms with E-state index in [1.807, 2.05) is 19.0 Å². The first-order chi connectivity index (χ1) is 8.74. The maximum Gasteiger partial charge on any atom is 0.335 e. The lowest BCUT2D eigenvalue weighted by Gasteiger charge is -2.12. The number of rotatable bonds is 6. The highest BCUT2D eigenvalue weighted by Gasteiger charge is 2.18. The van der Waals surface area contributed by atoms with Crippen LogP contribution in [0, 0.1) is 0 Å². The molecule has 0 fully saturated rings. The third-order valence-electron chi connectivity index (χ3n) is 2.40. The van der Waals surface area contributed by atoms with E-state index in [9.17, 15) is 13.2 Å². The quantitative estimate of drug-likeness (QED) is 0.625. The van der Waals surface area contributed by atoms with Crippen molar-refractivity contribution in [3.05, 3.63) is 23.8 Å². The van der Waals surface area contributed by atoms with E-state index in [0.717, 1.165) is 6.07 Å². The summed E-state index contributed by atoms with van der Waals surface area (Å²) in [5.74, 6) is -1.16. The van der Waals surface area contributed by atoms with Crippen LogP contribution in [-0.2, 0) is 10.0 Å². The van der Waals surface area contributed by atoms with Crippen molar-refractivity contribution < 1.29 is 18.3 Å². The van der Waals surface area contributed by atoms with Crippen molar-refractivity contribution in [2.45, 2.75) is 4.90 Å². The summed E-state index contributed by atoms with van der Waals surface area (Å²) in [6.45, 7) is 0.793. The van der Waals surface area contributed by atoms with Gasteiger partial charge in [0.2, 0.25) is 10.0 Å². The number of nitrogens with two attached hydrogens (primary N) is 1. The van der Waals surface area contributed by atoms with Crippen molar-refractivity contribution in [1.29, 1.82) is 0 Å². The minimum absolute atomic E-state index is 0.0512. The van der Waals surface area contributed by atoms with Gasteiger partial charge >= 0.3 is 5.97 Å². The summed E-state index contributed by atoms with van der Waals surface area (Å²) in [4.78, 5) is 12.5. The Bertz CT molecular complexity index is 569. The Morgan fingerprint density at radius 2 is 2.05 bits per heavy atom. The van der Waals surface area contributed by atoms with Gasteiger partial charge < -0.3 is 15.7 Å². The van der Waals surface area contributed by atoms with Crippen molar-refractivity contribution in [3.8, 4) is 0 Å². The van der Waals surface area contributed by atoms with Crippen molar-refractivity contribution in [3.63, 3.8) is 0 Å². The average molecular weight is 287 g/mol. The number of nitrogens with one attached hydrogen (secondary N) is 1. The Labute approximate surface area is 112 Å². The molecule has 8 heteroatoms. The summed E-state index contributed by atoms with van der Waals surface area (Å²) < 4.78 is 26.3. The van der Waals surface area contributed by atoms with Crippen LogP contribution >= 0.6 is 0 Å². The topological polar surface area (TPSA) is 113 Å². The van der Waals surface area contributed by atoms with Crippen LogP contribution in [0.25, 0.3) is 0 Å². The first-order valence-corrected chi connectivity index (χ1v) is 6.99. The molecule has 0 amide bonds. The van der Waals surface area contributed by atoms with Crippen LogP contribution in [0.2, 0.25) is 0 Å². The molecule has 0 heterocycles. The Morgan fingerprint density at radius 3 is 2.53 bits per heavy atom. The number of nitrogen functional groups attached to an aromatic ring is 1. The molecule has 1 aromatic carbocycles. The van der Waals surface area contributed by atoms with Crippen molar-refractivity contribution in [2.75, 3.05) is 32.9 Å². The molecule has 106 valence electrons. The van der Waals surface area contributed by atoms with E-state index in [4.69, 9.17) is 10.8 Å². The molecular weight excluding hydrogens is 270 g/mol. The van der Waals surface area contributed by atoms with Gasteiger partial charge in [-0.2, -0.15) is 0 Å². The van der Waals surface area contributed by atoms with Gasteiger partial charge in [-0.15, -0.1) is 0 Å². The number of carboxylic acids is 1. The van der Waals surface area contributed by atoms with Gasteiger partial charge in [0, 0.05) is 13.1 Å². The standard InChI is InChI=1S/C11H17N3O4S/c1-14(2)6-5-13-19(17,18)10-4-3-8(11(15)16)7-9(10)12/h3-4,7,13H,5-6,12H2,1-2H3,(H,15,16). The molecule has 19 heavy (non-hydrogen) atoms. The lowest BCUT2D eigenvalue weighted by Crippen LogP contribution is -2.31. The fraction of sp³-hybridized carbons (Fsp3) is 0.364. The van der Waals surface area contributed by atoms with Gasteiger partial charge in [-0.25, -0.2) is 17.9 Å². The monoisotopic (exact) mass is 287 g/mol. The fourth-order valence-corrected chi connectivity index (χ4v) is 2.54. The fourth-order valence-electron chi connectivity index (χ4n) is 1.41. The molecule has 0 atom stereocenters. The summed E-state index contributed by atoms with van der Waals surface area (Å²) >= 11 is 0. The van der Waals surface area contributed by atoms with E-state index in [2.05, 4.69) is 4.72 Å². The Morgan fingerprint density at radius 1 is 1.42 bits per heavy atom. The first kappa shape index (κ1) is 15.4. The molecule has 0 saturated heterocycles. The molecule has 0 saturated carbocycles. The number of likely N-dealkylation sites (N-methyl/N-ethyl adjacent to an activating group) is 1. The van der Waals surface area contributed by atoms with E-state index in [1.54, 1.807) is 0 Å². The zero-order valence-corrected chi connectivity index (χ0v) is 11.6.